The van der Waals surface area contributed by atoms with Crippen molar-refractivity contribution >= 4 is 155 Å². The number of carboxylic acids is 2. The minimum absolute atomic E-state index is 0.0125. The molecule has 10 heterocycles. The molecule has 100 heavy (non-hydrogen) atoms. The summed E-state index contributed by atoms with van der Waals surface area (Å²) in [6.45, 7) is 15.3. The SMILES string of the molecule is CC(C)Oc1ccnc2cc(C(=O)NC[C@@H](N)C(=O)O)sc12.CC(C)Oc1ccnc2cc(C(=O)NC[C@@H](NC(=O)OCc3ccccc3)C(=O)OCc3ccccc3)sc12.CC(C)Oc1ccnc2cc(C(=O)O)sc12.CC(C)Oc1ccnc2ccsc12.Clc1ccnc2ccsc12. The summed E-state index contributed by atoms with van der Waals surface area (Å²) in [6.07, 6.45) is 7.81. The number of carboxylic acid groups (broad SMARTS) is 2. The summed E-state index contributed by atoms with van der Waals surface area (Å²) in [6, 6.07) is 33.8. The number of nitrogens with zero attached hydrogens (tertiary/aromatic N) is 5. The van der Waals surface area contributed by atoms with E-state index in [0.717, 1.165) is 56.4 Å². The van der Waals surface area contributed by atoms with Gasteiger partial charge in [-0.25, -0.2) is 14.4 Å². The number of benzene rings is 2. The molecule has 2 aromatic carbocycles. The van der Waals surface area contributed by atoms with Crippen molar-refractivity contribution in [3.8, 4) is 23.0 Å². The maximum Gasteiger partial charge on any atom is 0.408 e. The Bertz CT molecular complexity index is 4700. The molecule has 0 saturated heterocycles. The first-order valence-corrected chi connectivity index (χ1v) is 35.7. The smallest absolute Gasteiger partial charge is 0.408 e. The zero-order chi connectivity index (χ0) is 71.8. The van der Waals surface area contributed by atoms with Gasteiger partial charge in [-0.15, -0.1) is 56.7 Å². The van der Waals surface area contributed by atoms with E-state index in [9.17, 15) is 28.8 Å². The number of carbonyl (C=O) groups is 6. The number of hydrogen-bond donors (Lipinski definition) is 6. The Morgan fingerprint density at radius 2 is 0.850 bits per heavy atom. The number of nitrogens with two attached hydrogens (primary N) is 1. The standard InChI is InChI=1S/C29H29N3O6S.C14H17N3O4S.C11H11NO3S.C10H11NOS.C7H4ClNS/c1-19(2)38-24-13-14-30-22-15-25(39-26(22)24)27(33)31-16-23(28(34)36-17-20-9-5-3-6-10-20)32-29(35)37-18-21-11-7-4-8-12-21;1-7(2)21-10-3-4-16-9-5-11(22-12(9)10)13(18)17-6-8(15)14(19)20;1-6(2)15-8-3-4-12-7-5-9(11(13)14)16-10(7)8;1-7(2)12-9-3-5-11-8-4-6-13-10(8)9;8-5-1-3-9-6-2-4-10-7(5)6/h3-15,19,23H,16-18H2,1-2H3,(H,31,33)(H,32,35);3-5,7-8H,6,15H2,1-2H3,(H,17,18)(H,19,20);3-6H,1-2H3,(H,13,14);3-7H,1-2H3;1-4H/t23-;8-;;;/m11.../s1. The number of aliphatic carboxylic acids is 1. The number of alkyl carbamates (subject to hydrolysis) is 1. The maximum absolute atomic E-state index is 13.0. The number of rotatable bonds is 22. The molecule has 0 unspecified atom stereocenters. The lowest BCUT2D eigenvalue weighted by molar-refractivity contribution is -0.147. The van der Waals surface area contributed by atoms with Gasteiger partial charge in [0.1, 0.15) is 53.2 Å². The zero-order valence-electron chi connectivity index (χ0n) is 55.4. The lowest BCUT2D eigenvalue weighted by Gasteiger charge is -2.18. The number of fused-ring (bicyclic) bond motifs is 5. The van der Waals surface area contributed by atoms with Gasteiger partial charge in [-0.3, -0.25) is 39.3 Å². The number of carbonyl (C=O) groups excluding carboxylic acids is 4. The van der Waals surface area contributed by atoms with Gasteiger partial charge in [-0.05, 0) is 138 Å². The van der Waals surface area contributed by atoms with Gasteiger partial charge in [0.05, 0.1) is 90.3 Å². The highest BCUT2D eigenvalue weighted by atomic mass is 35.5. The molecule has 10 aromatic heterocycles. The third kappa shape index (κ3) is 22.5. The Kier molecular flexibility index (Phi) is 28.3. The second kappa shape index (κ2) is 37.3. The van der Waals surface area contributed by atoms with Gasteiger partial charge in [0.15, 0.2) is 0 Å². The van der Waals surface area contributed by atoms with Gasteiger partial charge in [-0.1, -0.05) is 72.3 Å². The van der Waals surface area contributed by atoms with Crippen LogP contribution in [0.4, 0.5) is 4.79 Å². The third-order valence-corrected chi connectivity index (χ3v) is 18.8. The number of halogens is 1. The van der Waals surface area contributed by atoms with Crippen molar-refractivity contribution in [2.45, 2.75) is 105 Å². The van der Waals surface area contributed by atoms with Gasteiger partial charge in [-0.2, -0.15) is 0 Å². The first kappa shape index (κ1) is 75.8. The van der Waals surface area contributed by atoms with Gasteiger partial charge >= 0.3 is 24.0 Å². The molecule has 7 N–H and O–H groups in total. The normalized spacial score (nSPS) is 11.5. The molecule has 3 amide bonds. The van der Waals surface area contributed by atoms with Gasteiger partial charge in [0, 0.05) is 44.1 Å². The number of aromatic carboxylic acids is 1. The van der Waals surface area contributed by atoms with Crippen LogP contribution >= 0.6 is 68.3 Å². The van der Waals surface area contributed by atoms with Crippen LogP contribution < -0.4 is 40.6 Å². The Morgan fingerprint density at radius 3 is 1.28 bits per heavy atom. The number of amides is 3. The number of pyridine rings is 5. The van der Waals surface area contributed by atoms with E-state index in [1.54, 1.807) is 96.1 Å². The van der Waals surface area contributed by atoms with Crippen LogP contribution in [-0.2, 0) is 32.3 Å². The van der Waals surface area contributed by atoms with Crippen LogP contribution in [0.3, 0.4) is 0 Å². The summed E-state index contributed by atoms with van der Waals surface area (Å²) < 4.78 is 38.0. The quantitative estimate of drug-likeness (QED) is 0.0343. The summed E-state index contributed by atoms with van der Waals surface area (Å²) in [5.74, 6) is -0.655. The van der Waals surface area contributed by atoms with Crippen LogP contribution in [0.25, 0.3) is 51.1 Å². The van der Waals surface area contributed by atoms with E-state index >= 15 is 0 Å². The number of hydrogen-bond acceptors (Lipinski definition) is 23. The Morgan fingerprint density at radius 1 is 0.470 bits per heavy atom. The monoisotopic (exact) mass is 1470 g/mol. The summed E-state index contributed by atoms with van der Waals surface area (Å²) in [5, 5.41) is 30.1. The first-order chi connectivity index (χ1) is 48.0. The molecule has 522 valence electrons. The topological polar surface area (TPSA) is 325 Å². The Hall–Kier alpha value is -9.94. The van der Waals surface area contributed by atoms with Crippen molar-refractivity contribution in [3.05, 3.63) is 194 Å². The molecule has 23 nitrogen and oxygen atoms in total. The molecular weight excluding hydrogens is 1400 g/mol. The molecule has 0 fully saturated rings. The highest BCUT2D eigenvalue weighted by Gasteiger charge is 2.26. The van der Waals surface area contributed by atoms with E-state index < -0.39 is 42.0 Å². The maximum atomic E-state index is 13.0. The predicted octanol–water partition coefficient (Wildman–Crippen LogP) is 14.9. The van der Waals surface area contributed by atoms with Crippen molar-refractivity contribution in [1.82, 2.24) is 40.9 Å². The molecule has 0 aliphatic carbocycles. The lowest BCUT2D eigenvalue weighted by Crippen LogP contribution is -2.49. The fourth-order valence-corrected chi connectivity index (χ4v) is 13.5. The Balaban J connectivity index is 0.000000175. The van der Waals surface area contributed by atoms with E-state index in [-0.39, 0.29) is 61.5 Å². The molecular formula is C71H72ClN9O14S5. The first-order valence-electron chi connectivity index (χ1n) is 31.1. The molecule has 12 aromatic rings. The minimum Gasteiger partial charge on any atom is -0.489 e. The van der Waals surface area contributed by atoms with Crippen LogP contribution in [-0.4, -0.2) is 121 Å². The second-order valence-corrected chi connectivity index (χ2v) is 27.9. The molecule has 0 aliphatic heterocycles. The zero-order valence-corrected chi connectivity index (χ0v) is 60.2. The molecule has 0 saturated carbocycles. The highest BCUT2D eigenvalue weighted by molar-refractivity contribution is 7.22. The molecule has 29 heteroatoms. The largest absolute Gasteiger partial charge is 0.489 e. The summed E-state index contributed by atoms with van der Waals surface area (Å²) >= 11 is 12.8. The van der Waals surface area contributed by atoms with Gasteiger partial charge in [0.25, 0.3) is 11.8 Å². The van der Waals surface area contributed by atoms with Crippen LogP contribution in [0, 0.1) is 0 Å². The number of nitrogens with one attached hydrogen (secondary N) is 3. The van der Waals surface area contributed by atoms with E-state index in [1.807, 2.05) is 145 Å². The summed E-state index contributed by atoms with van der Waals surface area (Å²) in [7, 11) is 0. The van der Waals surface area contributed by atoms with E-state index in [4.69, 9.17) is 56.0 Å². The molecule has 0 spiro atoms. The average molecular weight is 1470 g/mol. The predicted molar refractivity (Wildman–Crippen MR) is 393 cm³/mol. The molecule has 2 atom stereocenters. The van der Waals surface area contributed by atoms with Crippen molar-refractivity contribution in [3.63, 3.8) is 0 Å². The molecule has 0 radical (unpaired) electrons. The van der Waals surface area contributed by atoms with E-state index in [0.29, 0.717) is 43.6 Å². The fraction of sp³-hybridized carbons (Fsp3) is 0.254. The van der Waals surface area contributed by atoms with Crippen LogP contribution in [0.1, 0.15) is 95.5 Å². The highest BCUT2D eigenvalue weighted by Crippen LogP contribution is 2.36. The summed E-state index contributed by atoms with van der Waals surface area (Å²) in [4.78, 5) is 94.0. The minimum atomic E-state index is -1.17. The number of ether oxygens (including phenoxy) is 6. The number of thiophene rings is 5. The third-order valence-electron chi connectivity index (χ3n) is 13.1. The van der Waals surface area contributed by atoms with E-state index in [2.05, 4.69) is 40.9 Å². The van der Waals surface area contributed by atoms with E-state index in [1.165, 1.54) is 34.0 Å². The van der Waals surface area contributed by atoms with Gasteiger partial charge < -0.3 is 60.3 Å². The van der Waals surface area contributed by atoms with Crippen LogP contribution in [0.5, 0.6) is 23.0 Å². The fourth-order valence-electron chi connectivity index (χ4n) is 8.74. The number of aromatic nitrogens is 5. The number of esters is 1. The molecule has 0 aliphatic rings. The summed E-state index contributed by atoms with van der Waals surface area (Å²) in [5.41, 5.74) is 10.9. The molecule has 12 rings (SSSR count). The van der Waals surface area contributed by atoms with Crippen molar-refractivity contribution in [2.24, 2.45) is 5.73 Å². The van der Waals surface area contributed by atoms with Gasteiger partial charge in [0.2, 0.25) is 0 Å². The lowest BCUT2D eigenvalue weighted by atomic mass is 10.2. The van der Waals surface area contributed by atoms with Crippen molar-refractivity contribution in [2.75, 3.05) is 13.1 Å². The van der Waals surface area contributed by atoms with Crippen molar-refractivity contribution in [1.29, 1.82) is 0 Å². The second-order valence-electron chi connectivity index (χ2n) is 22.5. The van der Waals surface area contributed by atoms with Crippen LogP contribution in [0.15, 0.2) is 163 Å². The average Bonchev–Trinajstić information content (AvgIpc) is 1.68. The molecule has 0 bridgehead atoms. The van der Waals surface area contributed by atoms with Crippen LogP contribution in [0.2, 0.25) is 5.02 Å². The Labute approximate surface area is 600 Å². The van der Waals surface area contributed by atoms with Crippen molar-refractivity contribution < 1.29 is 67.4 Å².